The van der Waals surface area contributed by atoms with Gasteiger partial charge in [0.1, 0.15) is 17.4 Å². The van der Waals surface area contributed by atoms with Gasteiger partial charge in [0, 0.05) is 31.7 Å². The highest BCUT2D eigenvalue weighted by molar-refractivity contribution is 5.36. The predicted molar refractivity (Wildman–Crippen MR) is 96.6 cm³/mol. The van der Waals surface area contributed by atoms with Crippen LogP contribution in [0.4, 0.5) is 0 Å². The third-order valence-electron chi connectivity index (χ3n) is 4.80. The molecule has 2 aromatic rings. The minimum absolute atomic E-state index is 0.589. The van der Waals surface area contributed by atoms with Gasteiger partial charge < -0.3 is 19.4 Å². The van der Waals surface area contributed by atoms with Gasteiger partial charge in [0.05, 0.1) is 13.7 Å². The summed E-state index contributed by atoms with van der Waals surface area (Å²) in [4.78, 5) is 0. The molecule has 6 heteroatoms. The third-order valence-corrected chi connectivity index (χ3v) is 4.80. The Morgan fingerprint density at radius 2 is 2.20 bits per heavy atom. The lowest BCUT2D eigenvalue weighted by molar-refractivity contribution is 0.132. The molecule has 0 spiro atoms. The fraction of sp³-hybridized carbons (Fsp3) is 0.579. The molecule has 1 N–H and O–H groups in total. The van der Waals surface area contributed by atoms with E-state index in [2.05, 4.69) is 32.2 Å². The number of nitrogens with zero attached hydrogens (tertiary/aromatic N) is 3. The molecule has 136 valence electrons. The molecule has 1 aliphatic rings. The molecule has 1 aromatic carbocycles. The van der Waals surface area contributed by atoms with Crippen molar-refractivity contribution in [2.45, 2.75) is 46.4 Å². The quantitative estimate of drug-likeness (QED) is 0.797. The highest BCUT2D eigenvalue weighted by atomic mass is 16.5. The Morgan fingerprint density at radius 3 is 3.00 bits per heavy atom. The first-order valence-electron chi connectivity index (χ1n) is 9.04. The zero-order valence-electron chi connectivity index (χ0n) is 15.4. The first kappa shape index (κ1) is 17.9. The number of hydrogen-bond acceptors (Lipinski definition) is 5. The number of fused-ring (bicyclic) bond motifs is 1. The van der Waals surface area contributed by atoms with E-state index in [0.29, 0.717) is 19.1 Å². The van der Waals surface area contributed by atoms with Crippen molar-refractivity contribution in [3.05, 3.63) is 41.0 Å². The summed E-state index contributed by atoms with van der Waals surface area (Å²) in [6, 6.07) is 6.31. The summed E-state index contributed by atoms with van der Waals surface area (Å²) in [5.74, 6) is 3.67. The van der Waals surface area contributed by atoms with Crippen LogP contribution < -0.4 is 10.1 Å². The van der Waals surface area contributed by atoms with Crippen LogP contribution >= 0.6 is 0 Å². The Morgan fingerprint density at radius 1 is 1.32 bits per heavy atom. The molecular formula is C19H28N4O2. The molecule has 1 aromatic heterocycles. The lowest BCUT2D eigenvalue weighted by Gasteiger charge is -2.24. The Hall–Kier alpha value is -1.92. The first-order valence-corrected chi connectivity index (χ1v) is 9.04. The van der Waals surface area contributed by atoms with Crippen LogP contribution in [0.5, 0.6) is 5.75 Å². The average molecular weight is 344 g/mol. The van der Waals surface area contributed by atoms with Crippen molar-refractivity contribution in [2.24, 2.45) is 5.92 Å². The van der Waals surface area contributed by atoms with Crippen LogP contribution in [-0.4, -0.2) is 35.0 Å². The van der Waals surface area contributed by atoms with Crippen molar-refractivity contribution in [2.75, 3.05) is 20.3 Å². The summed E-state index contributed by atoms with van der Waals surface area (Å²) >= 11 is 0. The van der Waals surface area contributed by atoms with Gasteiger partial charge in [0.25, 0.3) is 0 Å². The van der Waals surface area contributed by atoms with E-state index in [1.807, 2.05) is 19.9 Å². The molecule has 6 nitrogen and oxygen atoms in total. The SMILES string of the molecule is CCOCc1cc(CNC[C@H]2CCc3nnc(C)n3C2)ccc1OC. The van der Waals surface area contributed by atoms with Crippen LogP contribution in [0.1, 0.15) is 36.1 Å². The van der Waals surface area contributed by atoms with Crippen LogP contribution in [-0.2, 0) is 30.9 Å². The van der Waals surface area contributed by atoms with Crippen LogP contribution in [0.2, 0.25) is 0 Å². The van der Waals surface area contributed by atoms with Crippen molar-refractivity contribution >= 4 is 0 Å². The van der Waals surface area contributed by atoms with Gasteiger partial charge in [0.15, 0.2) is 0 Å². The Kier molecular flexibility index (Phi) is 6.04. The van der Waals surface area contributed by atoms with E-state index in [0.717, 1.165) is 49.0 Å². The molecule has 0 bridgehead atoms. The Balaban J connectivity index is 1.53. The van der Waals surface area contributed by atoms with Crippen molar-refractivity contribution in [1.29, 1.82) is 0 Å². The maximum atomic E-state index is 5.54. The fourth-order valence-electron chi connectivity index (χ4n) is 3.38. The highest BCUT2D eigenvalue weighted by Gasteiger charge is 2.21. The van der Waals surface area contributed by atoms with E-state index in [9.17, 15) is 0 Å². The standard InChI is InChI=1S/C19H28N4O2/c1-4-25-13-17-9-15(5-7-18(17)24-3)10-20-11-16-6-8-19-22-21-14(2)23(19)12-16/h5,7,9,16,20H,4,6,8,10-13H2,1-3H3/t16-/m1/s1. The maximum Gasteiger partial charge on any atom is 0.133 e. The predicted octanol–water partition coefficient (Wildman–Crippen LogP) is 2.48. The number of aryl methyl sites for hydroxylation is 2. The lowest BCUT2D eigenvalue weighted by Crippen LogP contribution is -2.30. The van der Waals surface area contributed by atoms with E-state index in [1.165, 1.54) is 12.0 Å². The van der Waals surface area contributed by atoms with E-state index in [-0.39, 0.29) is 0 Å². The summed E-state index contributed by atoms with van der Waals surface area (Å²) in [5, 5.41) is 12.0. The van der Waals surface area contributed by atoms with Gasteiger partial charge in [-0.2, -0.15) is 0 Å². The molecule has 2 heterocycles. The second kappa shape index (κ2) is 8.45. The number of nitrogens with one attached hydrogen (secondary N) is 1. The van der Waals surface area contributed by atoms with Gasteiger partial charge in [-0.3, -0.25) is 0 Å². The average Bonchev–Trinajstić information content (AvgIpc) is 3.01. The van der Waals surface area contributed by atoms with E-state index < -0.39 is 0 Å². The Labute approximate surface area is 149 Å². The van der Waals surface area contributed by atoms with Crippen molar-refractivity contribution in [1.82, 2.24) is 20.1 Å². The highest BCUT2D eigenvalue weighted by Crippen LogP contribution is 2.22. The molecule has 0 radical (unpaired) electrons. The van der Waals surface area contributed by atoms with E-state index in [4.69, 9.17) is 9.47 Å². The summed E-state index contributed by atoms with van der Waals surface area (Å²) < 4.78 is 13.2. The van der Waals surface area contributed by atoms with Crippen LogP contribution in [0.25, 0.3) is 0 Å². The monoisotopic (exact) mass is 344 g/mol. The van der Waals surface area contributed by atoms with Crippen LogP contribution in [0.15, 0.2) is 18.2 Å². The van der Waals surface area contributed by atoms with Gasteiger partial charge in [0.2, 0.25) is 0 Å². The summed E-state index contributed by atoms with van der Waals surface area (Å²) in [7, 11) is 1.70. The number of aromatic nitrogens is 3. The molecule has 0 unspecified atom stereocenters. The molecule has 25 heavy (non-hydrogen) atoms. The van der Waals surface area contributed by atoms with Crippen LogP contribution in [0.3, 0.4) is 0 Å². The number of ether oxygens (including phenoxy) is 2. The first-order chi connectivity index (χ1) is 12.2. The maximum absolute atomic E-state index is 5.54. The van der Waals surface area contributed by atoms with Crippen LogP contribution in [0, 0.1) is 12.8 Å². The summed E-state index contributed by atoms with van der Waals surface area (Å²) in [6.07, 6.45) is 2.19. The van der Waals surface area contributed by atoms with E-state index in [1.54, 1.807) is 7.11 Å². The zero-order chi connectivity index (χ0) is 17.6. The largest absolute Gasteiger partial charge is 0.496 e. The van der Waals surface area contributed by atoms with Gasteiger partial charge in [-0.25, -0.2) is 0 Å². The molecule has 0 saturated carbocycles. The molecule has 3 rings (SSSR count). The van der Waals surface area contributed by atoms with Crippen molar-refractivity contribution < 1.29 is 9.47 Å². The van der Waals surface area contributed by atoms with Crippen molar-refractivity contribution in [3.8, 4) is 5.75 Å². The number of rotatable bonds is 8. The molecule has 1 aliphatic heterocycles. The summed E-state index contributed by atoms with van der Waals surface area (Å²) in [6.45, 7) is 8.20. The van der Waals surface area contributed by atoms with Gasteiger partial charge in [-0.1, -0.05) is 6.07 Å². The molecule has 0 amide bonds. The zero-order valence-corrected chi connectivity index (χ0v) is 15.4. The minimum atomic E-state index is 0.589. The molecule has 0 fully saturated rings. The van der Waals surface area contributed by atoms with Gasteiger partial charge in [-0.15, -0.1) is 10.2 Å². The normalized spacial score (nSPS) is 16.7. The molecule has 1 atom stereocenters. The summed E-state index contributed by atoms with van der Waals surface area (Å²) in [5.41, 5.74) is 2.36. The van der Waals surface area contributed by atoms with Gasteiger partial charge in [-0.05, 0) is 50.4 Å². The molecule has 0 saturated heterocycles. The number of methoxy groups -OCH3 is 1. The lowest BCUT2D eigenvalue weighted by atomic mass is 9.99. The van der Waals surface area contributed by atoms with E-state index >= 15 is 0 Å². The molecular weight excluding hydrogens is 316 g/mol. The number of hydrogen-bond donors (Lipinski definition) is 1. The minimum Gasteiger partial charge on any atom is -0.496 e. The second-order valence-corrected chi connectivity index (χ2v) is 6.59. The third kappa shape index (κ3) is 4.38. The number of benzene rings is 1. The molecule has 0 aliphatic carbocycles. The second-order valence-electron chi connectivity index (χ2n) is 6.59. The van der Waals surface area contributed by atoms with Gasteiger partial charge >= 0.3 is 0 Å². The van der Waals surface area contributed by atoms with Crippen molar-refractivity contribution in [3.63, 3.8) is 0 Å². The fourth-order valence-corrected chi connectivity index (χ4v) is 3.38. The Bertz CT molecular complexity index is 699. The smallest absolute Gasteiger partial charge is 0.133 e. The topological polar surface area (TPSA) is 61.2 Å².